The molecule has 0 bridgehead atoms. The number of aliphatic hydroxyl groups is 3. The second kappa shape index (κ2) is 39.3. The molecule has 0 aromatic carbocycles. The van der Waals surface area contributed by atoms with Gasteiger partial charge in [0.15, 0.2) is 12.3 Å². The van der Waals surface area contributed by atoms with Gasteiger partial charge in [-0.15, -0.1) is 0 Å². The molecule has 73 heavy (non-hydrogen) atoms. The Morgan fingerprint density at radius 3 is 1.81 bits per heavy atom. The van der Waals surface area contributed by atoms with Gasteiger partial charge in [0, 0.05) is 19.0 Å². The largest absolute Gasteiger partial charge is 0.481 e. The summed E-state index contributed by atoms with van der Waals surface area (Å²) < 4.78 is 56.7. The van der Waals surface area contributed by atoms with Crippen LogP contribution in [0.5, 0.6) is 0 Å². The smallest absolute Gasteiger partial charge is 0.462 e. The zero-order chi connectivity index (χ0) is 53.6. The van der Waals surface area contributed by atoms with Crippen LogP contribution in [0.3, 0.4) is 0 Å². The highest BCUT2D eigenvalue weighted by atomic mass is 31.3. The van der Waals surface area contributed by atoms with Crippen molar-refractivity contribution in [3.05, 3.63) is 108 Å². The minimum absolute atomic E-state index is 0.00132. The fourth-order valence-corrected chi connectivity index (χ4v) is 9.05. The van der Waals surface area contributed by atoms with Gasteiger partial charge in [0.05, 0.1) is 19.3 Å². The van der Waals surface area contributed by atoms with Crippen molar-refractivity contribution in [2.45, 2.75) is 185 Å². The zero-order valence-electron chi connectivity index (χ0n) is 42.8. The van der Waals surface area contributed by atoms with Crippen molar-refractivity contribution >= 4 is 33.4 Å². The van der Waals surface area contributed by atoms with Gasteiger partial charge in [-0.25, -0.2) is 13.9 Å². The molecule has 19 nitrogen and oxygen atoms in total. The Kier molecular flexibility index (Phi) is 35.0. The average Bonchev–Trinajstić information content (AvgIpc) is 3.63. The van der Waals surface area contributed by atoms with Gasteiger partial charge in [0.1, 0.15) is 30.7 Å². The van der Waals surface area contributed by atoms with Crippen LogP contribution >= 0.6 is 15.6 Å². The second-order valence-corrected chi connectivity index (χ2v) is 20.5. The lowest BCUT2D eigenvalue weighted by Gasteiger charge is -2.21. The summed E-state index contributed by atoms with van der Waals surface area (Å²) in [4.78, 5) is 61.9. The quantitative estimate of drug-likeness (QED) is 0.0154. The number of phosphoric ester groups is 2. The molecule has 412 valence electrons. The number of rotatable bonds is 41. The van der Waals surface area contributed by atoms with Crippen molar-refractivity contribution in [2.75, 3.05) is 25.6 Å². The number of nitrogen functional groups attached to an aromatic ring is 1. The number of aromatic nitrogens is 2. The van der Waals surface area contributed by atoms with E-state index in [9.17, 15) is 48.6 Å². The molecular formula is C52H83N3O16P2. The second-order valence-electron chi connectivity index (χ2n) is 17.5. The van der Waals surface area contributed by atoms with E-state index in [1.54, 1.807) is 0 Å². The lowest BCUT2D eigenvalue weighted by molar-refractivity contribution is -0.161. The maximum atomic E-state index is 12.9. The molecule has 0 aliphatic carbocycles. The first-order valence-electron chi connectivity index (χ1n) is 25.7. The van der Waals surface area contributed by atoms with Crippen molar-refractivity contribution in [2.24, 2.45) is 0 Å². The number of unbranched alkanes of at least 4 members (excludes halogenated alkanes) is 8. The van der Waals surface area contributed by atoms with Gasteiger partial charge in [-0.3, -0.25) is 23.2 Å². The van der Waals surface area contributed by atoms with Crippen molar-refractivity contribution in [3.63, 3.8) is 0 Å². The lowest BCUT2D eigenvalue weighted by atomic mass is 10.1. The monoisotopic (exact) mass is 1070 g/mol. The molecule has 0 radical (unpaired) electrons. The Bertz CT molecular complexity index is 2070. The minimum Gasteiger partial charge on any atom is -0.462 e. The molecule has 1 aliphatic heterocycles. The average molecular weight is 1070 g/mol. The Balaban J connectivity index is 1.84. The minimum atomic E-state index is -5.45. The Hall–Kier alpha value is -4.10. The number of nitrogens with two attached hydrogens (primary N) is 1. The summed E-state index contributed by atoms with van der Waals surface area (Å²) in [6, 6.07) is 1.24. The van der Waals surface area contributed by atoms with Gasteiger partial charge in [-0.2, -0.15) is 9.29 Å². The molecule has 1 fully saturated rings. The molecular weight excluding hydrogens is 985 g/mol. The maximum Gasteiger partial charge on any atom is 0.481 e. The summed E-state index contributed by atoms with van der Waals surface area (Å²) >= 11 is 0. The summed E-state index contributed by atoms with van der Waals surface area (Å²) in [7, 11) is -10.9. The van der Waals surface area contributed by atoms with E-state index in [1.165, 1.54) is 25.3 Å². The number of carbonyl (C=O) groups is 2. The van der Waals surface area contributed by atoms with Gasteiger partial charge < -0.3 is 45.1 Å². The summed E-state index contributed by atoms with van der Waals surface area (Å²) in [5, 5.41) is 30.5. The van der Waals surface area contributed by atoms with Crippen molar-refractivity contribution in [1.29, 1.82) is 0 Å². The number of hydrogen-bond donors (Lipinski definition) is 6. The van der Waals surface area contributed by atoms with E-state index in [1.807, 2.05) is 25.2 Å². The van der Waals surface area contributed by atoms with Crippen LogP contribution in [0.25, 0.3) is 0 Å². The van der Waals surface area contributed by atoms with Gasteiger partial charge in [0.2, 0.25) is 0 Å². The van der Waals surface area contributed by atoms with Crippen LogP contribution in [0.15, 0.2) is 102 Å². The summed E-state index contributed by atoms with van der Waals surface area (Å²) in [6.07, 6.45) is 38.9. The van der Waals surface area contributed by atoms with Crippen LogP contribution in [0, 0.1) is 0 Å². The van der Waals surface area contributed by atoms with E-state index in [0.717, 1.165) is 94.2 Å². The molecule has 21 heteroatoms. The molecule has 2 rings (SSSR count). The van der Waals surface area contributed by atoms with Gasteiger partial charge in [0.25, 0.3) is 0 Å². The number of esters is 2. The van der Waals surface area contributed by atoms with Crippen molar-refractivity contribution in [1.82, 2.24) is 9.55 Å². The third-order valence-corrected chi connectivity index (χ3v) is 13.7. The number of phosphoric acid groups is 2. The van der Waals surface area contributed by atoms with Crippen molar-refractivity contribution in [3.8, 4) is 0 Å². The third kappa shape index (κ3) is 32.1. The molecule has 1 saturated heterocycles. The lowest BCUT2D eigenvalue weighted by Crippen LogP contribution is -2.36. The highest BCUT2D eigenvalue weighted by Gasteiger charge is 2.46. The van der Waals surface area contributed by atoms with Gasteiger partial charge in [-0.05, 0) is 102 Å². The molecule has 2 heterocycles. The van der Waals surface area contributed by atoms with Crippen LogP contribution in [-0.2, 0) is 46.3 Å². The molecule has 1 aromatic rings. The van der Waals surface area contributed by atoms with Crippen LogP contribution in [0.2, 0.25) is 0 Å². The molecule has 8 atom stereocenters. The van der Waals surface area contributed by atoms with Gasteiger partial charge in [-0.1, -0.05) is 125 Å². The molecule has 0 saturated carbocycles. The Morgan fingerprint density at radius 1 is 0.712 bits per heavy atom. The maximum absolute atomic E-state index is 12.9. The first-order valence-corrected chi connectivity index (χ1v) is 28.7. The fraction of sp³-hybridized carbons (Fsp3) is 0.615. The zero-order valence-corrected chi connectivity index (χ0v) is 44.6. The van der Waals surface area contributed by atoms with E-state index in [-0.39, 0.29) is 24.8 Å². The van der Waals surface area contributed by atoms with Crippen LogP contribution in [0.4, 0.5) is 5.82 Å². The fourth-order valence-electron chi connectivity index (χ4n) is 6.94. The summed E-state index contributed by atoms with van der Waals surface area (Å²) in [5.41, 5.74) is 4.58. The molecule has 0 spiro atoms. The van der Waals surface area contributed by atoms with Gasteiger partial charge >= 0.3 is 33.3 Å². The Labute approximate surface area is 431 Å². The highest BCUT2D eigenvalue weighted by molar-refractivity contribution is 7.61. The number of carbonyl (C=O) groups excluding carboxylic acids is 2. The number of ether oxygens (including phenoxy) is 3. The first kappa shape index (κ1) is 65.0. The number of allylic oxidation sites excluding steroid dienone is 14. The van der Waals surface area contributed by atoms with E-state index in [2.05, 4.69) is 83.1 Å². The third-order valence-electron chi connectivity index (χ3n) is 11.1. The molecule has 1 aliphatic rings. The number of anilines is 1. The number of hydrogen-bond acceptors (Lipinski definition) is 16. The highest BCUT2D eigenvalue weighted by Crippen LogP contribution is 2.60. The van der Waals surface area contributed by atoms with Crippen LogP contribution < -0.4 is 11.4 Å². The van der Waals surface area contributed by atoms with E-state index < -0.39 is 83.7 Å². The normalized spacial score (nSPS) is 20.1. The summed E-state index contributed by atoms with van der Waals surface area (Å²) in [6.45, 7) is 1.76. The van der Waals surface area contributed by atoms with Crippen molar-refractivity contribution < 1.29 is 71.4 Å². The Morgan fingerprint density at radius 2 is 1.23 bits per heavy atom. The first-order chi connectivity index (χ1) is 35.1. The van der Waals surface area contributed by atoms with Crippen LogP contribution in [0.1, 0.15) is 155 Å². The SMILES string of the molecule is CCCCC/C=C\C/C=C\C/C=C\CCCCCCC(=O)O[C@H](COC(=O)CCC/C=C\C/C=C\C/C=C\C/C=C\CC[C@@H](O)CC)COP(=O)(O)OP(=O)(O)OC[C@H]1O[C@@H](n2ccc(N)nc2=O)[C@H](O)[C@@H]1O. The number of nitrogens with zero attached hydrogens (tertiary/aromatic N) is 2. The standard InChI is InChI=1S/C52H83N3O16P2/c1-3-5-6-7-8-9-10-11-12-13-14-19-22-25-28-31-34-37-48(58)69-44(40-66-47(57)36-33-30-27-24-21-18-16-15-17-20-23-26-29-32-35-43(56)4-2)41-67-72(62,63)71-73(64,65)68-42-45-49(59)50(60)51(70-45)55-39-38-46(53)54-52(55)61/h8-9,11-12,14,16-20,24,26-27,29,38-39,43-45,49-51,56,59-60H,3-7,10,13,15,21-23,25,28,30-37,40-42H2,1-2H3,(H,62,63)(H,64,65)(H2,53,54,61)/b9-8-,12-11-,18-16-,19-14-,20-17-,27-24-,29-26-/t43-,44+,45+,49+,50+,51+/m0/s1. The predicted octanol–water partition coefficient (Wildman–Crippen LogP) is 9.64. The summed E-state index contributed by atoms with van der Waals surface area (Å²) in [5.74, 6) is -1.42. The molecule has 2 unspecified atom stereocenters. The molecule has 1 aromatic heterocycles. The van der Waals surface area contributed by atoms with E-state index in [0.29, 0.717) is 19.3 Å². The predicted molar refractivity (Wildman–Crippen MR) is 281 cm³/mol. The van der Waals surface area contributed by atoms with E-state index in [4.69, 9.17) is 29.0 Å². The van der Waals surface area contributed by atoms with E-state index >= 15 is 0 Å². The molecule has 0 amide bonds. The van der Waals surface area contributed by atoms with Crippen LogP contribution in [-0.4, -0.2) is 96.9 Å². The topological polar surface area (TPSA) is 286 Å². The molecule has 7 N–H and O–H groups in total. The number of aliphatic hydroxyl groups excluding tert-OH is 3.